The molecule has 19 heavy (non-hydrogen) atoms. The van der Waals surface area contributed by atoms with Gasteiger partial charge in [0, 0.05) is 6.04 Å². The molecule has 0 radical (unpaired) electrons. The average molecular weight is 263 g/mol. The number of likely N-dealkylation sites (N-methyl/N-ethyl adjacent to an activating group) is 1. The van der Waals surface area contributed by atoms with Gasteiger partial charge in [-0.05, 0) is 62.9 Å². The first-order valence-electron chi connectivity index (χ1n) is 6.73. The summed E-state index contributed by atoms with van der Waals surface area (Å²) in [6.45, 7) is 4.59. The van der Waals surface area contributed by atoms with Crippen LogP contribution in [-0.2, 0) is 12.8 Å². The highest BCUT2D eigenvalue weighted by Gasteiger charge is 2.23. The Morgan fingerprint density at radius 2 is 2.16 bits per heavy atom. The molecule has 0 amide bonds. The minimum absolute atomic E-state index is 0.237. The van der Waals surface area contributed by atoms with Gasteiger partial charge in [0.2, 0.25) is 0 Å². The van der Waals surface area contributed by atoms with Crippen LogP contribution in [-0.4, -0.2) is 30.8 Å². The summed E-state index contributed by atoms with van der Waals surface area (Å²) in [7, 11) is 1.88. The smallest absolute Gasteiger partial charge is 0.336 e. The van der Waals surface area contributed by atoms with Gasteiger partial charge in [0.25, 0.3) is 0 Å². The molecule has 1 aliphatic rings. The summed E-state index contributed by atoms with van der Waals surface area (Å²) in [5.41, 5.74) is 3.68. The van der Waals surface area contributed by atoms with E-state index in [1.807, 2.05) is 20.9 Å². The van der Waals surface area contributed by atoms with Crippen molar-refractivity contribution in [3.63, 3.8) is 0 Å². The largest absolute Gasteiger partial charge is 0.492 e. The lowest BCUT2D eigenvalue weighted by Crippen LogP contribution is -2.28. The number of carboxylic acid groups (broad SMARTS) is 1. The van der Waals surface area contributed by atoms with Gasteiger partial charge in [-0.25, -0.2) is 4.79 Å². The summed E-state index contributed by atoms with van der Waals surface area (Å²) in [4.78, 5) is 11.4. The van der Waals surface area contributed by atoms with Gasteiger partial charge in [0.05, 0.1) is 5.56 Å². The molecule has 4 nitrogen and oxygen atoms in total. The van der Waals surface area contributed by atoms with Gasteiger partial charge in [-0.1, -0.05) is 0 Å². The van der Waals surface area contributed by atoms with Gasteiger partial charge in [-0.3, -0.25) is 0 Å². The number of carbonyl (C=O) groups is 1. The Morgan fingerprint density at radius 3 is 2.79 bits per heavy atom. The lowest BCUT2D eigenvalue weighted by molar-refractivity contribution is 0.0695. The fourth-order valence-electron chi connectivity index (χ4n) is 2.57. The van der Waals surface area contributed by atoms with Crippen molar-refractivity contribution >= 4 is 5.97 Å². The topological polar surface area (TPSA) is 58.6 Å². The molecule has 2 rings (SSSR count). The highest BCUT2D eigenvalue weighted by molar-refractivity contribution is 5.91. The molecule has 2 N–H and O–H groups in total. The number of fused-ring (bicyclic) bond motifs is 1. The molecule has 0 aromatic heterocycles. The molecular formula is C15H21NO3. The van der Waals surface area contributed by atoms with Crippen LogP contribution < -0.4 is 10.1 Å². The van der Waals surface area contributed by atoms with E-state index in [0.717, 1.165) is 30.4 Å². The average Bonchev–Trinajstić information content (AvgIpc) is 2.86. The summed E-state index contributed by atoms with van der Waals surface area (Å²) in [5.74, 6) is -0.148. The Kier molecular flexibility index (Phi) is 4.10. The summed E-state index contributed by atoms with van der Waals surface area (Å²) in [5, 5.41) is 12.4. The van der Waals surface area contributed by atoms with Crippen LogP contribution in [0.4, 0.5) is 0 Å². The zero-order chi connectivity index (χ0) is 14.0. The molecule has 4 heteroatoms. The summed E-state index contributed by atoms with van der Waals surface area (Å²) >= 11 is 0. The van der Waals surface area contributed by atoms with Crippen molar-refractivity contribution in [2.75, 3.05) is 13.7 Å². The molecule has 1 atom stereocenters. The first-order valence-corrected chi connectivity index (χ1v) is 6.73. The van der Waals surface area contributed by atoms with Crippen molar-refractivity contribution in [3.05, 3.63) is 28.3 Å². The number of benzene rings is 1. The standard InChI is InChI=1S/C15H21NO3/c1-9(16-3)8-19-14-7-13(15(17)18)12-6-4-5-11(12)10(14)2/h7,9,16H,4-6,8H2,1-3H3,(H,17,18). The van der Waals surface area contributed by atoms with Gasteiger partial charge >= 0.3 is 5.97 Å². The fraction of sp³-hybridized carbons (Fsp3) is 0.533. The lowest BCUT2D eigenvalue weighted by atomic mass is 9.98. The number of nitrogens with one attached hydrogen (secondary N) is 1. The lowest BCUT2D eigenvalue weighted by Gasteiger charge is -2.17. The van der Waals surface area contributed by atoms with E-state index < -0.39 is 5.97 Å². The van der Waals surface area contributed by atoms with E-state index in [4.69, 9.17) is 4.74 Å². The van der Waals surface area contributed by atoms with Crippen LogP contribution in [0, 0.1) is 6.92 Å². The minimum Gasteiger partial charge on any atom is -0.492 e. The summed E-state index contributed by atoms with van der Waals surface area (Å²) in [6, 6.07) is 1.92. The Bertz CT molecular complexity index is 497. The number of rotatable bonds is 5. The van der Waals surface area contributed by atoms with Crippen LogP contribution in [0.15, 0.2) is 6.07 Å². The van der Waals surface area contributed by atoms with E-state index in [0.29, 0.717) is 17.9 Å². The minimum atomic E-state index is -0.857. The number of hydrogen-bond acceptors (Lipinski definition) is 3. The number of hydrogen-bond donors (Lipinski definition) is 2. The monoisotopic (exact) mass is 263 g/mol. The van der Waals surface area contributed by atoms with Crippen LogP contribution in [0.2, 0.25) is 0 Å². The normalized spacial score (nSPS) is 15.1. The highest BCUT2D eigenvalue weighted by Crippen LogP contribution is 2.34. The molecule has 0 heterocycles. The second-order valence-corrected chi connectivity index (χ2v) is 5.16. The molecule has 1 aliphatic carbocycles. The molecular weight excluding hydrogens is 242 g/mol. The third-order valence-corrected chi connectivity index (χ3v) is 3.85. The van der Waals surface area contributed by atoms with Crippen LogP contribution in [0.1, 0.15) is 40.4 Å². The van der Waals surface area contributed by atoms with Gasteiger partial charge < -0.3 is 15.2 Å². The second kappa shape index (κ2) is 5.61. The first-order chi connectivity index (χ1) is 9.04. The third-order valence-electron chi connectivity index (χ3n) is 3.85. The van der Waals surface area contributed by atoms with E-state index >= 15 is 0 Å². The second-order valence-electron chi connectivity index (χ2n) is 5.16. The van der Waals surface area contributed by atoms with Gasteiger partial charge in [0.1, 0.15) is 12.4 Å². The zero-order valence-electron chi connectivity index (χ0n) is 11.7. The van der Waals surface area contributed by atoms with Gasteiger partial charge in [-0.2, -0.15) is 0 Å². The molecule has 1 aromatic rings. The molecule has 1 aromatic carbocycles. The number of carboxylic acids is 1. The van der Waals surface area contributed by atoms with E-state index in [2.05, 4.69) is 5.32 Å². The molecule has 0 spiro atoms. The fourth-order valence-corrected chi connectivity index (χ4v) is 2.57. The third kappa shape index (κ3) is 2.73. The van der Waals surface area contributed by atoms with Crippen LogP contribution in [0.3, 0.4) is 0 Å². The molecule has 0 fully saturated rings. The Balaban J connectivity index is 2.34. The van der Waals surface area contributed by atoms with Crippen molar-refractivity contribution in [1.82, 2.24) is 5.32 Å². The number of aromatic carboxylic acids is 1. The van der Waals surface area contributed by atoms with Gasteiger partial charge in [-0.15, -0.1) is 0 Å². The van der Waals surface area contributed by atoms with E-state index in [-0.39, 0.29) is 6.04 Å². The van der Waals surface area contributed by atoms with Gasteiger partial charge in [0.15, 0.2) is 0 Å². The van der Waals surface area contributed by atoms with Crippen molar-refractivity contribution in [1.29, 1.82) is 0 Å². The summed E-state index contributed by atoms with van der Waals surface area (Å²) < 4.78 is 5.78. The maximum absolute atomic E-state index is 11.4. The number of ether oxygens (including phenoxy) is 1. The van der Waals surface area contributed by atoms with Crippen molar-refractivity contribution < 1.29 is 14.6 Å². The van der Waals surface area contributed by atoms with Crippen LogP contribution in [0.25, 0.3) is 0 Å². The molecule has 0 aliphatic heterocycles. The van der Waals surface area contributed by atoms with Crippen LogP contribution in [0.5, 0.6) is 5.75 Å². The SMILES string of the molecule is CNC(C)COc1cc(C(=O)O)c2c(c1C)CCC2. The Labute approximate surface area is 113 Å². The quantitative estimate of drug-likeness (QED) is 0.854. The van der Waals surface area contributed by atoms with E-state index in [1.54, 1.807) is 6.07 Å². The Morgan fingerprint density at radius 1 is 1.47 bits per heavy atom. The maximum atomic E-state index is 11.4. The van der Waals surface area contributed by atoms with E-state index in [1.165, 1.54) is 5.56 Å². The van der Waals surface area contributed by atoms with Crippen molar-refractivity contribution in [2.24, 2.45) is 0 Å². The highest BCUT2D eigenvalue weighted by atomic mass is 16.5. The van der Waals surface area contributed by atoms with Crippen molar-refractivity contribution in [2.45, 2.75) is 39.2 Å². The molecule has 0 saturated carbocycles. The maximum Gasteiger partial charge on any atom is 0.336 e. The van der Waals surface area contributed by atoms with Crippen LogP contribution >= 0.6 is 0 Å². The molecule has 0 bridgehead atoms. The summed E-state index contributed by atoms with van der Waals surface area (Å²) in [6.07, 6.45) is 2.86. The molecule has 0 saturated heterocycles. The zero-order valence-corrected chi connectivity index (χ0v) is 11.7. The first kappa shape index (κ1) is 13.9. The Hall–Kier alpha value is -1.55. The predicted molar refractivity (Wildman–Crippen MR) is 74.2 cm³/mol. The molecule has 104 valence electrons. The van der Waals surface area contributed by atoms with Crippen molar-refractivity contribution in [3.8, 4) is 5.75 Å². The van der Waals surface area contributed by atoms with E-state index in [9.17, 15) is 9.90 Å². The molecule has 1 unspecified atom stereocenters. The predicted octanol–water partition coefficient (Wildman–Crippen LogP) is 2.17.